The van der Waals surface area contributed by atoms with Gasteiger partial charge in [0.2, 0.25) is 0 Å². The molecule has 1 heterocycles. The molecule has 1 aromatic heterocycles. The molecule has 0 aliphatic heterocycles. The third kappa shape index (κ3) is 2.43. The molecular weight excluding hydrogens is 297 g/mol. The first-order chi connectivity index (χ1) is 9.20. The second-order valence-corrected chi connectivity index (χ2v) is 6.65. The van der Waals surface area contributed by atoms with E-state index >= 15 is 0 Å². The van der Waals surface area contributed by atoms with Gasteiger partial charge in [0.1, 0.15) is 0 Å². The van der Waals surface area contributed by atoms with E-state index in [1.165, 1.54) is 16.0 Å². The van der Waals surface area contributed by atoms with E-state index in [1.807, 2.05) is 30.5 Å². The van der Waals surface area contributed by atoms with Crippen LogP contribution >= 0.6 is 34.5 Å². The first-order valence-electron chi connectivity index (χ1n) is 6.40. The Morgan fingerprint density at radius 2 is 2.00 bits per heavy atom. The van der Waals surface area contributed by atoms with Gasteiger partial charge in [-0.15, -0.1) is 11.3 Å². The lowest BCUT2D eigenvalue weighted by Gasteiger charge is -2.29. The number of hydrogen-bond donors (Lipinski definition) is 1. The Morgan fingerprint density at radius 1 is 1.16 bits per heavy atom. The lowest BCUT2D eigenvalue weighted by molar-refractivity contribution is 0.480. The largest absolute Gasteiger partial charge is 0.312 e. The maximum Gasteiger partial charge on any atom is 0.0595 e. The summed E-state index contributed by atoms with van der Waals surface area (Å²) in [6, 6.07) is 8.75. The fourth-order valence-corrected chi connectivity index (χ4v) is 4.29. The van der Waals surface area contributed by atoms with E-state index < -0.39 is 0 Å². The summed E-state index contributed by atoms with van der Waals surface area (Å²) in [6.45, 7) is 0. The predicted octanol–water partition coefficient (Wildman–Crippen LogP) is 5.24. The molecule has 3 rings (SSSR count). The minimum Gasteiger partial charge on any atom is -0.312 e. The van der Waals surface area contributed by atoms with Crippen LogP contribution in [0.25, 0.3) is 0 Å². The molecule has 0 saturated carbocycles. The summed E-state index contributed by atoms with van der Waals surface area (Å²) >= 11 is 14.0. The zero-order valence-electron chi connectivity index (χ0n) is 10.6. The maximum absolute atomic E-state index is 6.15. The first kappa shape index (κ1) is 13.4. The van der Waals surface area contributed by atoms with E-state index in [9.17, 15) is 0 Å². The van der Waals surface area contributed by atoms with Crippen LogP contribution in [0.3, 0.4) is 0 Å². The summed E-state index contributed by atoms with van der Waals surface area (Å²) in [5.41, 5.74) is 2.71. The van der Waals surface area contributed by atoms with E-state index in [4.69, 9.17) is 23.2 Å². The third-order valence-corrected chi connectivity index (χ3v) is 5.64. The molecule has 0 saturated heterocycles. The van der Waals surface area contributed by atoms with Gasteiger partial charge in [-0.2, -0.15) is 0 Å². The highest BCUT2D eigenvalue weighted by Gasteiger charge is 2.28. The van der Waals surface area contributed by atoms with Crippen molar-refractivity contribution in [2.75, 3.05) is 7.05 Å². The standard InChI is InChI=1S/C15H15Cl2NS/c1-18-14-5-3-10(11-6-7-19-15(11)14)9-2-4-12(16)13(17)8-9/h2,4,6-8,10,14,18H,3,5H2,1H3. The Hall–Kier alpha value is -0.540. The van der Waals surface area contributed by atoms with Crippen molar-refractivity contribution in [3.63, 3.8) is 0 Å². The van der Waals surface area contributed by atoms with Crippen molar-refractivity contribution >= 4 is 34.5 Å². The van der Waals surface area contributed by atoms with Gasteiger partial charge in [-0.1, -0.05) is 29.3 Å². The molecule has 1 aliphatic rings. The summed E-state index contributed by atoms with van der Waals surface area (Å²) in [5.74, 6) is 0.445. The summed E-state index contributed by atoms with van der Waals surface area (Å²) in [5, 5.41) is 6.86. The van der Waals surface area contributed by atoms with Gasteiger partial charge in [0, 0.05) is 16.8 Å². The minimum atomic E-state index is 0.445. The number of benzene rings is 1. The smallest absolute Gasteiger partial charge is 0.0595 e. The second-order valence-electron chi connectivity index (χ2n) is 4.88. The van der Waals surface area contributed by atoms with Gasteiger partial charge >= 0.3 is 0 Å². The van der Waals surface area contributed by atoms with Crippen LogP contribution < -0.4 is 5.32 Å². The Bertz CT molecular complexity index is 594. The molecule has 1 aliphatic carbocycles. The van der Waals surface area contributed by atoms with Crippen LogP contribution in [0.5, 0.6) is 0 Å². The topological polar surface area (TPSA) is 12.0 Å². The van der Waals surface area contributed by atoms with Crippen molar-refractivity contribution in [1.82, 2.24) is 5.32 Å². The van der Waals surface area contributed by atoms with Crippen molar-refractivity contribution in [3.05, 3.63) is 55.7 Å². The molecule has 100 valence electrons. The number of nitrogens with one attached hydrogen (secondary N) is 1. The number of thiophene rings is 1. The Kier molecular flexibility index (Phi) is 3.86. The lowest BCUT2D eigenvalue weighted by Crippen LogP contribution is -2.22. The quantitative estimate of drug-likeness (QED) is 0.799. The molecule has 2 atom stereocenters. The van der Waals surface area contributed by atoms with Gasteiger partial charge in [-0.05, 0) is 54.6 Å². The average Bonchev–Trinajstić information content (AvgIpc) is 2.90. The predicted molar refractivity (Wildman–Crippen MR) is 83.7 cm³/mol. The van der Waals surface area contributed by atoms with Gasteiger partial charge in [-0.3, -0.25) is 0 Å². The maximum atomic E-state index is 6.15. The molecule has 0 bridgehead atoms. The highest BCUT2D eigenvalue weighted by atomic mass is 35.5. The zero-order chi connectivity index (χ0) is 13.4. The molecule has 2 unspecified atom stereocenters. The molecule has 1 nitrogen and oxygen atoms in total. The van der Waals surface area contributed by atoms with E-state index in [0.29, 0.717) is 22.0 Å². The van der Waals surface area contributed by atoms with Crippen molar-refractivity contribution in [3.8, 4) is 0 Å². The van der Waals surface area contributed by atoms with Crippen molar-refractivity contribution in [2.45, 2.75) is 24.8 Å². The van der Waals surface area contributed by atoms with Crippen LogP contribution in [0.1, 0.15) is 40.8 Å². The molecule has 4 heteroatoms. The molecule has 2 aromatic rings. The number of halogens is 2. The molecule has 0 radical (unpaired) electrons. The van der Waals surface area contributed by atoms with Crippen LogP contribution in [0.2, 0.25) is 10.0 Å². The number of hydrogen-bond acceptors (Lipinski definition) is 2. The van der Waals surface area contributed by atoms with Gasteiger partial charge < -0.3 is 5.32 Å². The molecule has 1 aromatic carbocycles. The van der Waals surface area contributed by atoms with Gasteiger partial charge in [0.25, 0.3) is 0 Å². The zero-order valence-corrected chi connectivity index (χ0v) is 12.9. The number of rotatable bonds is 2. The average molecular weight is 312 g/mol. The SMILES string of the molecule is CNC1CCC(c2ccc(Cl)c(Cl)c2)c2ccsc21. The lowest BCUT2D eigenvalue weighted by atomic mass is 9.81. The van der Waals surface area contributed by atoms with Crippen molar-refractivity contribution in [1.29, 1.82) is 0 Å². The minimum absolute atomic E-state index is 0.445. The van der Waals surface area contributed by atoms with E-state index in [-0.39, 0.29) is 0 Å². The fourth-order valence-electron chi connectivity index (χ4n) is 2.87. The molecular formula is C15H15Cl2NS. The van der Waals surface area contributed by atoms with Crippen LogP contribution in [-0.4, -0.2) is 7.05 Å². The molecule has 0 amide bonds. The fraction of sp³-hybridized carbons (Fsp3) is 0.333. The van der Waals surface area contributed by atoms with E-state index in [0.717, 1.165) is 12.8 Å². The van der Waals surface area contributed by atoms with Crippen LogP contribution in [0, 0.1) is 0 Å². The van der Waals surface area contributed by atoms with Crippen LogP contribution in [0.4, 0.5) is 0 Å². The summed E-state index contributed by atoms with van der Waals surface area (Å²) in [4.78, 5) is 1.46. The van der Waals surface area contributed by atoms with E-state index in [2.05, 4.69) is 22.8 Å². The monoisotopic (exact) mass is 311 g/mol. The highest BCUT2D eigenvalue weighted by molar-refractivity contribution is 7.10. The van der Waals surface area contributed by atoms with Gasteiger partial charge in [0.05, 0.1) is 10.0 Å². The summed E-state index contributed by atoms with van der Waals surface area (Å²) in [7, 11) is 2.04. The summed E-state index contributed by atoms with van der Waals surface area (Å²) < 4.78 is 0. The first-order valence-corrected chi connectivity index (χ1v) is 8.03. The van der Waals surface area contributed by atoms with Gasteiger partial charge in [0.15, 0.2) is 0 Å². The molecule has 0 fully saturated rings. The van der Waals surface area contributed by atoms with Gasteiger partial charge in [-0.25, -0.2) is 0 Å². The summed E-state index contributed by atoms with van der Waals surface area (Å²) in [6.07, 6.45) is 2.31. The molecule has 19 heavy (non-hydrogen) atoms. The molecule has 0 spiro atoms. The van der Waals surface area contributed by atoms with Crippen LogP contribution in [-0.2, 0) is 0 Å². The third-order valence-electron chi connectivity index (χ3n) is 3.86. The Labute approximate surface area is 127 Å². The Morgan fingerprint density at radius 3 is 2.74 bits per heavy atom. The van der Waals surface area contributed by atoms with E-state index in [1.54, 1.807) is 0 Å². The normalized spacial score (nSPS) is 22.3. The van der Waals surface area contributed by atoms with Crippen molar-refractivity contribution in [2.24, 2.45) is 0 Å². The highest BCUT2D eigenvalue weighted by Crippen LogP contribution is 2.44. The molecule has 1 N–H and O–H groups in total. The van der Waals surface area contributed by atoms with Crippen molar-refractivity contribution < 1.29 is 0 Å². The Balaban J connectivity index is 2.01. The second kappa shape index (κ2) is 5.45. The number of fused-ring (bicyclic) bond motifs is 1. The van der Waals surface area contributed by atoms with Crippen LogP contribution in [0.15, 0.2) is 29.6 Å².